The van der Waals surface area contributed by atoms with Crippen molar-refractivity contribution in [1.29, 1.82) is 0 Å². The van der Waals surface area contributed by atoms with E-state index in [0.717, 1.165) is 31.4 Å². The first-order valence-corrected chi connectivity index (χ1v) is 7.14. The first kappa shape index (κ1) is 12.9. The number of hydrogen-bond acceptors (Lipinski definition) is 5. The summed E-state index contributed by atoms with van der Waals surface area (Å²) in [5.41, 5.74) is 5.94. The van der Waals surface area contributed by atoms with Gasteiger partial charge in [-0.1, -0.05) is 38.8 Å². The third kappa shape index (κ3) is 3.22. The minimum Gasteiger partial charge on any atom is -0.338 e. The Bertz CT molecular complexity index is 377. The van der Waals surface area contributed by atoms with E-state index in [4.69, 9.17) is 10.3 Å². The molecule has 0 aliphatic heterocycles. The molecule has 1 saturated carbocycles. The van der Waals surface area contributed by atoms with Crippen LogP contribution in [0.25, 0.3) is 0 Å². The van der Waals surface area contributed by atoms with E-state index < -0.39 is 0 Å². The zero-order chi connectivity index (χ0) is 12.5. The molecule has 0 unspecified atom stereocenters. The minimum atomic E-state index is -0.339. The van der Waals surface area contributed by atoms with Crippen LogP contribution in [0.1, 0.15) is 58.2 Å². The summed E-state index contributed by atoms with van der Waals surface area (Å²) in [5.74, 6) is 2.14. The van der Waals surface area contributed by atoms with Crippen LogP contribution in [0.5, 0.6) is 0 Å². The van der Waals surface area contributed by atoms with Gasteiger partial charge in [0.2, 0.25) is 5.89 Å². The fourth-order valence-corrected chi connectivity index (χ4v) is 2.70. The van der Waals surface area contributed by atoms with Crippen molar-refractivity contribution >= 4 is 11.8 Å². The normalized spacial score (nSPS) is 19.8. The van der Waals surface area contributed by atoms with E-state index in [1.165, 1.54) is 0 Å². The second-order valence-corrected chi connectivity index (χ2v) is 7.58. The van der Waals surface area contributed by atoms with Gasteiger partial charge in [-0.2, -0.15) is 4.98 Å². The van der Waals surface area contributed by atoms with Gasteiger partial charge in [0.1, 0.15) is 0 Å². The summed E-state index contributed by atoms with van der Waals surface area (Å²) >= 11 is 1.80. The van der Waals surface area contributed by atoms with Crippen LogP contribution in [0.3, 0.4) is 0 Å². The maximum atomic E-state index is 6.28. The van der Waals surface area contributed by atoms with Crippen LogP contribution < -0.4 is 5.73 Å². The van der Waals surface area contributed by atoms with Crippen molar-refractivity contribution in [3.63, 3.8) is 0 Å². The van der Waals surface area contributed by atoms with E-state index in [2.05, 4.69) is 30.9 Å². The fourth-order valence-electron chi connectivity index (χ4n) is 2.02. The average molecular weight is 255 g/mol. The van der Waals surface area contributed by atoms with E-state index in [1.54, 1.807) is 11.8 Å². The number of nitrogens with zero attached hydrogens (tertiary/aromatic N) is 2. The lowest BCUT2D eigenvalue weighted by molar-refractivity contribution is 0.355. The van der Waals surface area contributed by atoms with Crippen molar-refractivity contribution in [3.8, 4) is 0 Å². The topological polar surface area (TPSA) is 64.9 Å². The third-order valence-electron chi connectivity index (χ3n) is 3.04. The highest BCUT2D eigenvalue weighted by Gasteiger charge is 2.35. The molecule has 0 amide bonds. The maximum absolute atomic E-state index is 6.28. The Morgan fingerprint density at radius 2 is 2.00 bits per heavy atom. The zero-order valence-corrected chi connectivity index (χ0v) is 11.6. The Morgan fingerprint density at radius 1 is 1.35 bits per heavy atom. The van der Waals surface area contributed by atoms with Crippen LogP contribution in [0.15, 0.2) is 4.52 Å². The molecule has 0 saturated heterocycles. The lowest BCUT2D eigenvalue weighted by atomic mass is 9.99. The summed E-state index contributed by atoms with van der Waals surface area (Å²) in [4.78, 5) is 4.44. The Morgan fingerprint density at radius 3 is 2.59 bits per heavy atom. The molecule has 1 aromatic rings. The molecule has 0 atom stereocenters. The first-order valence-electron chi connectivity index (χ1n) is 6.15. The molecule has 2 N–H and O–H groups in total. The van der Waals surface area contributed by atoms with Crippen molar-refractivity contribution in [3.05, 3.63) is 11.7 Å². The highest BCUT2D eigenvalue weighted by atomic mass is 32.2. The van der Waals surface area contributed by atoms with Crippen LogP contribution in [0.4, 0.5) is 0 Å². The molecule has 1 fully saturated rings. The van der Waals surface area contributed by atoms with Crippen LogP contribution >= 0.6 is 11.8 Å². The molecule has 2 rings (SSSR count). The molecule has 1 aliphatic carbocycles. The van der Waals surface area contributed by atoms with Crippen LogP contribution in [-0.4, -0.2) is 14.9 Å². The van der Waals surface area contributed by atoms with Gasteiger partial charge in [-0.15, -0.1) is 11.8 Å². The number of thioether (sulfide) groups is 1. The second kappa shape index (κ2) is 4.61. The van der Waals surface area contributed by atoms with Crippen LogP contribution in [-0.2, 0) is 11.3 Å². The molecule has 1 heterocycles. The van der Waals surface area contributed by atoms with Crippen LogP contribution in [0, 0.1) is 0 Å². The lowest BCUT2D eigenvalue weighted by Crippen LogP contribution is -2.34. The highest BCUT2D eigenvalue weighted by Crippen LogP contribution is 2.35. The summed E-state index contributed by atoms with van der Waals surface area (Å²) in [6, 6.07) is 0. The van der Waals surface area contributed by atoms with Crippen molar-refractivity contribution < 1.29 is 4.52 Å². The van der Waals surface area contributed by atoms with Crippen molar-refractivity contribution in [1.82, 2.24) is 10.1 Å². The molecule has 4 nitrogen and oxygen atoms in total. The van der Waals surface area contributed by atoms with Gasteiger partial charge in [0, 0.05) is 4.75 Å². The molecule has 0 aromatic carbocycles. The second-order valence-electron chi connectivity index (χ2n) is 5.78. The van der Waals surface area contributed by atoms with E-state index in [0.29, 0.717) is 11.7 Å². The van der Waals surface area contributed by atoms with Gasteiger partial charge >= 0.3 is 0 Å². The Kier molecular flexibility index (Phi) is 3.50. The zero-order valence-electron chi connectivity index (χ0n) is 10.8. The van der Waals surface area contributed by atoms with E-state index in [9.17, 15) is 0 Å². The van der Waals surface area contributed by atoms with E-state index >= 15 is 0 Å². The average Bonchev–Trinajstić information content (AvgIpc) is 2.83. The van der Waals surface area contributed by atoms with Gasteiger partial charge in [0.05, 0.1) is 11.3 Å². The third-order valence-corrected chi connectivity index (χ3v) is 4.30. The quantitative estimate of drug-likeness (QED) is 0.899. The van der Waals surface area contributed by atoms with Gasteiger partial charge in [-0.3, -0.25) is 0 Å². The van der Waals surface area contributed by atoms with Crippen molar-refractivity contribution in [2.24, 2.45) is 5.73 Å². The molecule has 17 heavy (non-hydrogen) atoms. The summed E-state index contributed by atoms with van der Waals surface area (Å²) in [6.07, 6.45) is 4.27. The minimum absolute atomic E-state index is 0.211. The monoisotopic (exact) mass is 255 g/mol. The Balaban J connectivity index is 2.01. The van der Waals surface area contributed by atoms with E-state index in [-0.39, 0.29) is 10.3 Å². The number of rotatable bonds is 3. The predicted molar refractivity (Wildman–Crippen MR) is 69.7 cm³/mol. The van der Waals surface area contributed by atoms with Gasteiger partial charge in [0.25, 0.3) is 0 Å². The largest absolute Gasteiger partial charge is 0.338 e. The first-order chi connectivity index (χ1) is 7.89. The smallest absolute Gasteiger partial charge is 0.236 e. The molecular weight excluding hydrogens is 234 g/mol. The molecular formula is C12H21N3OS. The summed E-state index contributed by atoms with van der Waals surface area (Å²) in [5, 5.41) is 4.05. The molecule has 0 spiro atoms. The molecule has 1 aliphatic rings. The molecule has 1 aromatic heterocycles. The van der Waals surface area contributed by atoms with Crippen molar-refractivity contribution in [2.45, 2.75) is 62.5 Å². The molecule has 5 heteroatoms. The Labute approximate surface area is 107 Å². The van der Waals surface area contributed by atoms with Crippen molar-refractivity contribution in [2.75, 3.05) is 0 Å². The Hall–Kier alpha value is -0.550. The van der Waals surface area contributed by atoms with Gasteiger partial charge < -0.3 is 10.3 Å². The maximum Gasteiger partial charge on any atom is 0.236 e. The van der Waals surface area contributed by atoms with Crippen LogP contribution in [0.2, 0.25) is 0 Å². The molecule has 0 bridgehead atoms. The van der Waals surface area contributed by atoms with Gasteiger partial charge in [-0.05, 0) is 12.8 Å². The fraction of sp³-hybridized carbons (Fsp3) is 0.833. The number of nitrogens with two attached hydrogens (primary N) is 1. The molecule has 0 radical (unpaired) electrons. The number of hydrogen-bond donors (Lipinski definition) is 1. The molecule has 96 valence electrons. The van der Waals surface area contributed by atoms with Gasteiger partial charge in [0.15, 0.2) is 5.82 Å². The SMILES string of the molecule is CC(C)(C)SCc1nc(C2(N)CCCC2)no1. The standard InChI is InChI=1S/C12H21N3OS/c1-11(2,3)17-8-9-14-10(15-16-9)12(13)6-4-5-7-12/h4-8,13H2,1-3H3. The summed E-state index contributed by atoms with van der Waals surface area (Å²) < 4.78 is 5.49. The van der Waals surface area contributed by atoms with Gasteiger partial charge in [-0.25, -0.2) is 0 Å². The summed E-state index contributed by atoms with van der Waals surface area (Å²) in [6.45, 7) is 6.53. The summed E-state index contributed by atoms with van der Waals surface area (Å²) in [7, 11) is 0. The predicted octanol–water partition coefficient (Wildman–Crippen LogP) is 2.83. The highest BCUT2D eigenvalue weighted by molar-refractivity contribution is 7.99. The van der Waals surface area contributed by atoms with E-state index in [1.807, 2.05) is 0 Å². The number of aromatic nitrogens is 2. The lowest BCUT2D eigenvalue weighted by Gasteiger charge is -2.18.